The van der Waals surface area contributed by atoms with E-state index >= 15 is 0 Å². The summed E-state index contributed by atoms with van der Waals surface area (Å²) in [5.74, 6) is 0.0133. The number of carbonyl (C=O) groups excluding carboxylic acids is 3. The van der Waals surface area contributed by atoms with Crippen LogP contribution in [-0.4, -0.2) is 48.3 Å². The zero-order chi connectivity index (χ0) is 13.8. The Morgan fingerprint density at radius 3 is 2.84 bits per heavy atom. The molecule has 0 aliphatic carbocycles. The molecule has 2 saturated heterocycles. The van der Waals surface area contributed by atoms with Crippen LogP contribution in [0.4, 0.5) is 0 Å². The normalized spacial score (nSPS) is 25.1. The van der Waals surface area contributed by atoms with E-state index in [1.165, 1.54) is 0 Å². The molecule has 2 heterocycles. The van der Waals surface area contributed by atoms with E-state index in [2.05, 4.69) is 10.6 Å². The summed E-state index contributed by atoms with van der Waals surface area (Å²) < 4.78 is 0. The molecule has 0 aromatic carbocycles. The Morgan fingerprint density at radius 1 is 1.47 bits per heavy atom. The maximum absolute atomic E-state index is 12.0. The van der Waals surface area contributed by atoms with E-state index in [0.717, 1.165) is 13.0 Å². The molecule has 6 nitrogen and oxygen atoms in total. The average molecular weight is 267 g/mol. The molecule has 2 atom stereocenters. The monoisotopic (exact) mass is 267 g/mol. The molecule has 0 aromatic rings. The number of piperidine rings is 1. The van der Waals surface area contributed by atoms with Crippen molar-refractivity contribution in [2.45, 2.75) is 38.6 Å². The largest absolute Gasteiger partial charge is 0.355 e. The van der Waals surface area contributed by atoms with Crippen molar-refractivity contribution >= 4 is 17.7 Å². The van der Waals surface area contributed by atoms with Gasteiger partial charge in [-0.15, -0.1) is 0 Å². The van der Waals surface area contributed by atoms with Gasteiger partial charge in [-0.25, -0.2) is 0 Å². The predicted molar refractivity (Wildman–Crippen MR) is 69.2 cm³/mol. The first kappa shape index (κ1) is 13.8. The minimum Gasteiger partial charge on any atom is -0.355 e. The highest BCUT2D eigenvalue weighted by molar-refractivity contribution is 5.84. The summed E-state index contributed by atoms with van der Waals surface area (Å²) in [4.78, 5) is 36.3. The molecule has 2 rings (SSSR count). The van der Waals surface area contributed by atoms with Crippen LogP contribution in [0.15, 0.2) is 0 Å². The Kier molecular flexibility index (Phi) is 4.39. The fourth-order valence-corrected chi connectivity index (χ4v) is 2.59. The number of amides is 3. The summed E-state index contributed by atoms with van der Waals surface area (Å²) in [6.07, 6.45) is 2.55. The summed E-state index contributed by atoms with van der Waals surface area (Å²) in [5.41, 5.74) is 0. The second-order valence-corrected chi connectivity index (χ2v) is 5.39. The van der Waals surface area contributed by atoms with Gasteiger partial charge in [0.1, 0.15) is 0 Å². The van der Waals surface area contributed by atoms with Gasteiger partial charge in [-0.1, -0.05) is 0 Å². The summed E-state index contributed by atoms with van der Waals surface area (Å²) in [7, 11) is 0. The van der Waals surface area contributed by atoms with Crippen LogP contribution in [0.3, 0.4) is 0 Å². The van der Waals surface area contributed by atoms with Crippen LogP contribution < -0.4 is 10.6 Å². The van der Waals surface area contributed by atoms with Crippen LogP contribution in [0.2, 0.25) is 0 Å². The van der Waals surface area contributed by atoms with Crippen LogP contribution in [0, 0.1) is 5.92 Å². The molecule has 0 aromatic heterocycles. The molecule has 2 fully saturated rings. The number of likely N-dealkylation sites (tertiary alicyclic amines) is 1. The Balaban J connectivity index is 1.75. The lowest BCUT2D eigenvalue weighted by atomic mass is 9.98. The maximum Gasteiger partial charge on any atom is 0.225 e. The lowest BCUT2D eigenvalue weighted by Crippen LogP contribution is -2.48. The van der Waals surface area contributed by atoms with Gasteiger partial charge in [-0.3, -0.25) is 14.4 Å². The molecule has 6 heteroatoms. The Morgan fingerprint density at radius 2 is 2.26 bits per heavy atom. The summed E-state index contributed by atoms with van der Waals surface area (Å²) in [6, 6.07) is -0.0489. The quantitative estimate of drug-likeness (QED) is 0.730. The van der Waals surface area contributed by atoms with Crippen LogP contribution in [0.25, 0.3) is 0 Å². The molecule has 0 bridgehead atoms. The fourth-order valence-electron chi connectivity index (χ4n) is 2.59. The van der Waals surface area contributed by atoms with Gasteiger partial charge in [0.2, 0.25) is 17.7 Å². The van der Waals surface area contributed by atoms with Gasteiger partial charge in [0.05, 0.1) is 5.92 Å². The zero-order valence-electron chi connectivity index (χ0n) is 11.3. The van der Waals surface area contributed by atoms with Gasteiger partial charge in [-0.2, -0.15) is 0 Å². The first-order valence-electron chi connectivity index (χ1n) is 6.91. The lowest BCUT2D eigenvalue weighted by Gasteiger charge is -2.26. The van der Waals surface area contributed by atoms with Crippen molar-refractivity contribution in [1.29, 1.82) is 0 Å². The number of nitrogens with zero attached hydrogens (tertiary/aromatic N) is 1. The van der Waals surface area contributed by atoms with Crippen molar-refractivity contribution in [2.24, 2.45) is 5.92 Å². The zero-order valence-corrected chi connectivity index (χ0v) is 11.3. The van der Waals surface area contributed by atoms with Crippen molar-refractivity contribution < 1.29 is 14.4 Å². The minimum atomic E-state index is -0.144. The SMILES string of the molecule is CC(CN1CCCC1=O)NC(=O)C1CCC(=O)NC1. The van der Waals surface area contributed by atoms with Crippen molar-refractivity contribution in [2.75, 3.05) is 19.6 Å². The van der Waals surface area contributed by atoms with E-state index in [9.17, 15) is 14.4 Å². The van der Waals surface area contributed by atoms with Crippen LogP contribution in [0.1, 0.15) is 32.6 Å². The highest BCUT2D eigenvalue weighted by Gasteiger charge is 2.27. The highest BCUT2D eigenvalue weighted by Crippen LogP contribution is 2.12. The van der Waals surface area contributed by atoms with E-state index in [1.54, 1.807) is 4.90 Å². The van der Waals surface area contributed by atoms with Crippen molar-refractivity contribution in [3.8, 4) is 0 Å². The van der Waals surface area contributed by atoms with Crippen LogP contribution in [-0.2, 0) is 14.4 Å². The third-order valence-corrected chi connectivity index (χ3v) is 3.69. The number of rotatable bonds is 4. The van der Waals surface area contributed by atoms with Crippen molar-refractivity contribution in [3.05, 3.63) is 0 Å². The van der Waals surface area contributed by atoms with Crippen LogP contribution >= 0.6 is 0 Å². The molecule has 2 unspecified atom stereocenters. The van der Waals surface area contributed by atoms with Crippen LogP contribution in [0.5, 0.6) is 0 Å². The topological polar surface area (TPSA) is 78.5 Å². The second kappa shape index (κ2) is 6.04. The summed E-state index contributed by atoms with van der Waals surface area (Å²) >= 11 is 0. The molecule has 2 aliphatic heterocycles. The van der Waals surface area contributed by atoms with Crippen molar-refractivity contribution in [3.63, 3.8) is 0 Å². The predicted octanol–water partition coefficient (Wildman–Crippen LogP) is -0.360. The van der Waals surface area contributed by atoms with Gasteiger partial charge in [0, 0.05) is 38.5 Å². The van der Waals surface area contributed by atoms with Gasteiger partial charge in [0.15, 0.2) is 0 Å². The first-order chi connectivity index (χ1) is 9.06. The number of hydrogen-bond acceptors (Lipinski definition) is 3. The standard InChI is InChI=1S/C13H21N3O3/c1-9(8-16-6-2-3-12(16)18)15-13(19)10-4-5-11(17)14-7-10/h9-10H,2-8H2,1H3,(H,14,17)(H,15,19). The number of carbonyl (C=O) groups is 3. The van der Waals surface area contributed by atoms with E-state index in [1.807, 2.05) is 6.92 Å². The second-order valence-electron chi connectivity index (χ2n) is 5.39. The van der Waals surface area contributed by atoms with Gasteiger partial charge in [-0.05, 0) is 19.8 Å². The molecule has 0 saturated carbocycles. The van der Waals surface area contributed by atoms with Gasteiger partial charge >= 0.3 is 0 Å². The molecular weight excluding hydrogens is 246 g/mol. The Labute approximate surface area is 112 Å². The third kappa shape index (κ3) is 3.68. The van der Waals surface area contributed by atoms with E-state index in [0.29, 0.717) is 32.4 Å². The first-order valence-corrected chi connectivity index (χ1v) is 6.91. The lowest BCUT2D eigenvalue weighted by molar-refractivity contribution is -0.131. The van der Waals surface area contributed by atoms with E-state index in [4.69, 9.17) is 0 Å². The maximum atomic E-state index is 12.0. The smallest absolute Gasteiger partial charge is 0.225 e. The molecule has 3 amide bonds. The molecular formula is C13H21N3O3. The Hall–Kier alpha value is -1.59. The summed E-state index contributed by atoms with van der Waals surface area (Å²) in [6.45, 7) is 3.69. The van der Waals surface area contributed by atoms with Gasteiger partial charge in [0.25, 0.3) is 0 Å². The van der Waals surface area contributed by atoms with Crippen molar-refractivity contribution in [1.82, 2.24) is 15.5 Å². The molecule has 19 heavy (non-hydrogen) atoms. The molecule has 0 spiro atoms. The van der Waals surface area contributed by atoms with E-state index < -0.39 is 0 Å². The number of hydrogen-bond donors (Lipinski definition) is 2. The van der Waals surface area contributed by atoms with Gasteiger partial charge < -0.3 is 15.5 Å². The number of nitrogens with one attached hydrogen (secondary N) is 2. The highest BCUT2D eigenvalue weighted by atomic mass is 16.2. The molecule has 0 radical (unpaired) electrons. The van der Waals surface area contributed by atoms with E-state index in [-0.39, 0.29) is 29.7 Å². The molecule has 106 valence electrons. The average Bonchev–Trinajstić information content (AvgIpc) is 2.75. The molecule has 2 N–H and O–H groups in total. The Bertz CT molecular complexity index is 373. The summed E-state index contributed by atoms with van der Waals surface area (Å²) in [5, 5.41) is 5.63. The molecule has 2 aliphatic rings. The fraction of sp³-hybridized carbons (Fsp3) is 0.769. The third-order valence-electron chi connectivity index (χ3n) is 3.69. The minimum absolute atomic E-state index is 0.0137.